The number of carbonyl (C=O) groups excluding carboxylic acids is 1. The Hall–Kier alpha value is -3.56. The first-order valence-electron chi connectivity index (χ1n) is 10.5. The number of hydrogen-bond acceptors (Lipinski definition) is 6. The summed E-state index contributed by atoms with van der Waals surface area (Å²) in [6.45, 7) is 6.62. The number of imidazole rings is 1. The molecule has 0 aliphatic heterocycles. The highest BCUT2D eigenvalue weighted by molar-refractivity contribution is 5.77. The Labute approximate surface area is 185 Å². The van der Waals surface area contributed by atoms with Crippen molar-refractivity contribution in [2.45, 2.75) is 39.7 Å². The fraction of sp³-hybridized carbons (Fsp3) is 0.455. The van der Waals surface area contributed by atoms with Gasteiger partial charge in [-0.3, -0.25) is 19.1 Å². The molecule has 10 nitrogen and oxygen atoms in total. The number of aromatic amines is 2. The normalized spacial score (nSPS) is 12.2. The number of methoxy groups -OCH3 is 1. The van der Waals surface area contributed by atoms with Crippen LogP contribution in [-0.2, 0) is 18.3 Å². The summed E-state index contributed by atoms with van der Waals surface area (Å²) < 4.78 is 12.5. The van der Waals surface area contributed by atoms with Crippen molar-refractivity contribution in [2.75, 3.05) is 13.7 Å². The molecule has 0 spiro atoms. The molecule has 2 heterocycles. The summed E-state index contributed by atoms with van der Waals surface area (Å²) in [5, 5.41) is 2.95. The van der Waals surface area contributed by atoms with Gasteiger partial charge in [0.2, 0.25) is 5.91 Å². The van der Waals surface area contributed by atoms with Gasteiger partial charge in [0.05, 0.1) is 19.8 Å². The summed E-state index contributed by atoms with van der Waals surface area (Å²) >= 11 is 0. The summed E-state index contributed by atoms with van der Waals surface area (Å²) in [5.74, 6) is 1.97. The lowest BCUT2D eigenvalue weighted by Gasteiger charge is -2.17. The second kappa shape index (κ2) is 9.71. The average molecular weight is 444 g/mol. The van der Waals surface area contributed by atoms with Gasteiger partial charge >= 0.3 is 5.69 Å². The fourth-order valence-electron chi connectivity index (χ4n) is 3.23. The Kier molecular flexibility index (Phi) is 7.01. The monoisotopic (exact) mass is 443 g/mol. The van der Waals surface area contributed by atoms with Crippen molar-refractivity contribution in [3.63, 3.8) is 0 Å². The van der Waals surface area contributed by atoms with E-state index in [9.17, 15) is 14.4 Å². The summed E-state index contributed by atoms with van der Waals surface area (Å²) in [5.41, 5.74) is 0.285. The highest BCUT2D eigenvalue weighted by Crippen LogP contribution is 2.30. The Morgan fingerprint density at radius 2 is 1.94 bits per heavy atom. The molecule has 172 valence electrons. The minimum atomic E-state index is -0.539. The Morgan fingerprint density at radius 3 is 2.62 bits per heavy atom. The third-order valence-electron chi connectivity index (χ3n) is 5.03. The maximum atomic E-state index is 12.5. The van der Waals surface area contributed by atoms with E-state index in [2.05, 4.69) is 34.1 Å². The number of aryl methyl sites for hydroxylation is 2. The van der Waals surface area contributed by atoms with Crippen LogP contribution in [0.1, 0.15) is 44.6 Å². The molecule has 0 radical (unpaired) electrons. The number of amides is 1. The van der Waals surface area contributed by atoms with Gasteiger partial charge in [-0.1, -0.05) is 19.9 Å². The van der Waals surface area contributed by atoms with Crippen molar-refractivity contribution in [2.24, 2.45) is 13.0 Å². The summed E-state index contributed by atoms with van der Waals surface area (Å²) in [7, 11) is 3.10. The van der Waals surface area contributed by atoms with E-state index in [1.54, 1.807) is 7.11 Å². The van der Waals surface area contributed by atoms with Gasteiger partial charge in [0.1, 0.15) is 11.3 Å². The number of rotatable bonds is 9. The van der Waals surface area contributed by atoms with Gasteiger partial charge in [-0.15, -0.1) is 0 Å². The number of ether oxygens (including phenoxy) is 2. The predicted molar refractivity (Wildman–Crippen MR) is 120 cm³/mol. The van der Waals surface area contributed by atoms with E-state index in [0.717, 1.165) is 5.56 Å². The number of nitrogens with one attached hydrogen (secondary N) is 3. The molecule has 0 bridgehead atoms. The smallest absolute Gasteiger partial charge is 0.329 e. The van der Waals surface area contributed by atoms with Gasteiger partial charge in [-0.2, -0.15) is 0 Å². The van der Waals surface area contributed by atoms with Gasteiger partial charge < -0.3 is 19.8 Å². The summed E-state index contributed by atoms with van der Waals surface area (Å²) in [6.07, 6.45) is 0.467. The zero-order valence-electron chi connectivity index (χ0n) is 18.9. The zero-order valence-corrected chi connectivity index (χ0v) is 18.9. The molecule has 3 N–H and O–H groups in total. The summed E-state index contributed by atoms with van der Waals surface area (Å²) in [4.78, 5) is 45.5. The van der Waals surface area contributed by atoms with Crippen molar-refractivity contribution in [1.29, 1.82) is 0 Å². The lowest BCUT2D eigenvalue weighted by atomic mass is 10.1. The zero-order chi connectivity index (χ0) is 23.4. The van der Waals surface area contributed by atoms with Gasteiger partial charge in [0.15, 0.2) is 17.1 Å². The maximum absolute atomic E-state index is 12.5. The second-order valence-electron chi connectivity index (χ2n) is 8.10. The van der Waals surface area contributed by atoms with E-state index in [1.807, 2.05) is 25.1 Å². The molecule has 32 heavy (non-hydrogen) atoms. The highest BCUT2D eigenvalue weighted by Gasteiger charge is 2.15. The van der Waals surface area contributed by atoms with Crippen LogP contribution in [0.4, 0.5) is 0 Å². The topological polar surface area (TPSA) is 131 Å². The molecule has 3 rings (SSSR count). The van der Waals surface area contributed by atoms with Crippen molar-refractivity contribution < 1.29 is 14.3 Å². The molecule has 10 heteroatoms. The molecule has 3 aromatic rings. The first-order chi connectivity index (χ1) is 15.2. The fourth-order valence-corrected chi connectivity index (χ4v) is 3.23. The predicted octanol–water partition coefficient (Wildman–Crippen LogP) is 1.80. The van der Waals surface area contributed by atoms with Crippen molar-refractivity contribution in [3.8, 4) is 11.5 Å². The Morgan fingerprint density at radius 1 is 1.19 bits per heavy atom. The summed E-state index contributed by atoms with van der Waals surface area (Å²) in [6, 6.07) is 5.35. The third kappa shape index (κ3) is 5.19. The van der Waals surface area contributed by atoms with Crippen LogP contribution in [0.5, 0.6) is 11.5 Å². The highest BCUT2D eigenvalue weighted by atomic mass is 16.5. The van der Waals surface area contributed by atoms with E-state index < -0.39 is 11.2 Å². The maximum Gasteiger partial charge on any atom is 0.329 e. The number of H-pyrrole nitrogens is 2. The van der Waals surface area contributed by atoms with E-state index in [1.165, 1.54) is 11.6 Å². The minimum Gasteiger partial charge on any atom is -0.493 e. The first kappa shape index (κ1) is 23.1. The lowest BCUT2D eigenvalue weighted by molar-refractivity contribution is -0.121. The van der Waals surface area contributed by atoms with Crippen LogP contribution in [0.25, 0.3) is 11.2 Å². The minimum absolute atomic E-state index is 0.167. The molecule has 1 atom stereocenters. The van der Waals surface area contributed by atoms with Crippen molar-refractivity contribution in [3.05, 3.63) is 50.4 Å². The van der Waals surface area contributed by atoms with Gasteiger partial charge in [0.25, 0.3) is 5.56 Å². The van der Waals surface area contributed by atoms with Crippen molar-refractivity contribution >= 4 is 17.1 Å². The van der Waals surface area contributed by atoms with E-state index >= 15 is 0 Å². The van der Waals surface area contributed by atoms with Crippen LogP contribution in [0, 0.1) is 5.92 Å². The SMILES string of the molecule is COc1cc(C(C)NC(=O)CCc2nc3c([nH]2)c(=O)[nH]c(=O)n3C)ccc1OCC(C)C. The quantitative estimate of drug-likeness (QED) is 0.462. The average Bonchev–Trinajstić information content (AvgIpc) is 3.19. The molecule has 0 aliphatic rings. The van der Waals surface area contributed by atoms with Crippen LogP contribution in [-0.4, -0.2) is 39.1 Å². The second-order valence-corrected chi connectivity index (χ2v) is 8.10. The van der Waals surface area contributed by atoms with Crippen molar-refractivity contribution in [1.82, 2.24) is 24.8 Å². The number of hydrogen-bond donors (Lipinski definition) is 3. The van der Waals surface area contributed by atoms with Gasteiger partial charge in [0, 0.05) is 19.9 Å². The molecule has 1 amide bonds. The number of carbonyl (C=O) groups is 1. The van der Waals surface area contributed by atoms with E-state index in [-0.39, 0.29) is 29.5 Å². The van der Waals surface area contributed by atoms with Crippen LogP contribution in [0.3, 0.4) is 0 Å². The van der Waals surface area contributed by atoms with Crippen LogP contribution in [0.15, 0.2) is 27.8 Å². The number of benzene rings is 1. The van der Waals surface area contributed by atoms with E-state index in [4.69, 9.17) is 9.47 Å². The molecule has 0 aliphatic carbocycles. The molecule has 1 aromatic carbocycles. The van der Waals surface area contributed by atoms with Gasteiger partial charge in [-0.25, -0.2) is 9.78 Å². The van der Waals surface area contributed by atoms with Crippen LogP contribution in [0.2, 0.25) is 0 Å². The van der Waals surface area contributed by atoms with Crippen LogP contribution >= 0.6 is 0 Å². The molecule has 2 aromatic heterocycles. The number of fused-ring (bicyclic) bond motifs is 1. The molecule has 0 fully saturated rings. The van der Waals surface area contributed by atoms with Crippen LogP contribution < -0.4 is 26.0 Å². The third-order valence-corrected chi connectivity index (χ3v) is 5.03. The lowest BCUT2D eigenvalue weighted by Crippen LogP contribution is -2.28. The molecule has 0 saturated heterocycles. The van der Waals surface area contributed by atoms with E-state index in [0.29, 0.717) is 36.3 Å². The largest absolute Gasteiger partial charge is 0.493 e. The molecular weight excluding hydrogens is 414 g/mol. The molecular formula is C22H29N5O5. The standard InChI is InChI=1S/C22H29N5O5/c1-12(2)11-32-15-7-6-14(10-16(15)31-5)13(3)23-18(28)9-8-17-24-19-20(25-17)27(4)22(30)26-21(19)29/h6-7,10,12-13H,8-9,11H2,1-5H3,(H,23,28)(H,24,25)(H,26,29,30). The first-order valence-corrected chi connectivity index (χ1v) is 10.5. The Bertz CT molecular complexity index is 1220. The number of nitrogens with zero attached hydrogens (tertiary/aromatic N) is 2. The number of aromatic nitrogens is 4. The van der Waals surface area contributed by atoms with Gasteiger partial charge in [-0.05, 0) is 30.5 Å². The molecule has 1 unspecified atom stereocenters. The molecule has 0 saturated carbocycles. The Balaban J connectivity index is 1.63.